The lowest BCUT2D eigenvalue weighted by Gasteiger charge is -2.11. The maximum absolute atomic E-state index is 14.8. The van der Waals surface area contributed by atoms with Crippen LogP contribution >= 0.6 is 22.6 Å². The van der Waals surface area contributed by atoms with Crippen LogP contribution in [-0.4, -0.2) is 19.1 Å². The summed E-state index contributed by atoms with van der Waals surface area (Å²) in [5, 5.41) is 0. The number of fused-ring (bicyclic) bond motifs is 1. The Balaban J connectivity index is 1.77. The van der Waals surface area contributed by atoms with Crippen molar-refractivity contribution >= 4 is 33.6 Å². The first-order valence-electron chi connectivity index (χ1n) is 8.62. The molecule has 1 aromatic carbocycles. The number of imidazole rings is 1. The molecular formula is C20H14FIN4O. The number of hydrogen-bond acceptors (Lipinski definition) is 3. The van der Waals surface area contributed by atoms with Crippen molar-refractivity contribution in [2.45, 2.75) is 18.9 Å². The standard InChI is InChI=1S/C20H14FIN4O/c21-15-10-13(22)1-4-17(15)26-18-11-23-7-5-16(18)24-20(26)12-6-8-25(14-2-3-14)19(27)9-12/h1,4-11,14H,2-3H2. The van der Waals surface area contributed by atoms with Crippen molar-refractivity contribution in [2.24, 2.45) is 0 Å². The molecule has 4 aromatic rings. The Labute approximate surface area is 167 Å². The molecule has 0 spiro atoms. The SMILES string of the molecule is O=c1cc(-c2nc3ccncc3n2-c2ccc(I)cc2F)ccn1C1CC1. The number of hydrogen-bond donors (Lipinski definition) is 0. The average molecular weight is 472 g/mol. The summed E-state index contributed by atoms with van der Waals surface area (Å²) >= 11 is 2.08. The molecule has 3 aromatic heterocycles. The molecule has 7 heteroatoms. The molecule has 0 atom stereocenters. The van der Waals surface area contributed by atoms with Gasteiger partial charge in [0.05, 0.1) is 22.9 Å². The second-order valence-electron chi connectivity index (χ2n) is 6.62. The fourth-order valence-electron chi connectivity index (χ4n) is 3.31. The van der Waals surface area contributed by atoms with Gasteiger partial charge in [0.25, 0.3) is 5.56 Å². The lowest BCUT2D eigenvalue weighted by Crippen LogP contribution is -2.17. The largest absolute Gasteiger partial charge is 0.312 e. The fourth-order valence-corrected chi connectivity index (χ4v) is 3.76. The molecule has 1 saturated carbocycles. The molecular weight excluding hydrogens is 458 g/mol. The monoisotopic (exact) mass is 472 g/mol. The van der Waals surface area contributed by atoms with E-state index in [4.69, 9.17) is 0 Å². The van der Waals surface area contributed by atoms with Crippen molar-refractivity contribution in [1.29, 1.82) is 0 Å². The highest BCUT2D eigenvalue weighted by Crippen LogP contribution is 2.34. The van der Waals surface area contributed by atoms with Crippen LogP contribution in [0.25, 0.3) is 28.1 Å². The number of aromatic nitrogens is 4. The minimum absolute atomic E-state index is 0.0604. The van der Waals surface area contributed by atoms with Gasteiger partial charge in [-0.15, -0.1) is 0 Å². The van der Waals surface area contributed by atoms with Crippen LogP contribution < -0.4 is 5.56 Å². The van der Waals surface area contributed by atoms with Gasteiger partial charge in [0.1, 0.15) is 11.6 Å². The van der Waals surface area contributed by atoms with Crippen LogP contribution in [0.15, 0.2) is 59.8 Å². The second kappa shape index (κ2) is 6.26. The Morgan fingerprint density at radius 3 is 2.74 bits per heavy atom. The number of halogens is 2. The highest BCUT2D eigenvalue weighted by Gasteiger charge is 2.25. The molecule has 27 heavy (non-hydrogen) atoms. The topological polar surface area (TPSA) is 52.7 Å². The van der Waals surface area contributed by atoms with Gasteiger partial charge in [-0.2, -0.15) is 0 Å². The molecule has 0 radical (unpaired) electrons. The molecule has 0 amide bonds. The molecule has 5 rings (SSSR count). The van der Waals surface area contributed by atoms with E-state index in [0.717, 1.165) is 16.4 Å². The van der Waals surface area contributed by atoms with Gasteiger partial charge in [-0.3, -0.25) is 14.3 Å². The summed E-state index contributed by atoms with van der Waals surface area (Å²) in [7, 11) is 0. The smallest absolute Gasteiger partial charge is 0.251 e. The first kappa shape index (κ1) is 16.6. The molecule has 1 aliphatic carbocycles. The summed E-state index contributed by atoms with van der Waals surface area (Å²) in [4.78, 5) is 21.3. The van der Waals surface area contributed by atoms with E-state index < -0.39 is 0 Å². The number of rotatable bonds is 3. The Kier molecular flexibility index (Phi) is 3.85. The summed E-state index contributed by atoms with van der Waals surface area (Å²) < 4.78 is 19.0. The number of benzene rings is 1. The molecule has 1 aliphatic rings. The fraction of sp³-hybridized carbons (Fsp3) is 0.150. The predicted molar refractivity (Wildman–Crippen MR) is 110 cm³/mol. The van der Waals surface area contributed by atoms with Crippen LogP contribution in [0.1, 0.15) is 18.9 Å². The van der Waals surface area contributed by atoms with Crippen molar-refractivity contribution in [3.63, 3.8) is 0 Å². The third kappa shape index (κ3) is 2.86. The maximum atomic E-state index is 14.8. The first-order valence-corrected chi connectivity index (χ1v) is 9.70. The molecule has 0 aliphatic heterocycles. The quantitative estimate of drug-likeness (QED) is 0.418. The second-order valence-corrected chi connectivity index (χ2v) is 7.87. The highest BCUT2D eigenvalue weighted by molar-refractivity contribution is 14.1. The summed E-state index contributed by atoms with van der Waals surface area (Å²) in [6, 6.07) is 10.6. The zero-order chi connectivity index (χ0) is 18.5. The van der Waals surface area contributed by atoms with Gasteiger partial charge >= 0.3 is 0 Å². The van der Waals surface area contributed by atoms with Crippen LogP contribution in [0.5, 0.6) is 0 Å². The van der Waals surface area contributed by atoms with Crippen LogP contribution in [0.3, 0.4) is 0 Å². The minimum Gasteiger partial charge on any atom is -0.312 e. The van der Waals surface area contributed by atoms with Gasteiger partial charge < -0.3 is 4.57 Å². The van der Waals surface area contributed by atoms with Crippen molar-refractivity contribution in [3.05, 3.63) is 74.7 Å². The Morgan fingerprint density at radius 1 is 1.15 bits per heavy atom. The van der Waals surface area contributed by atoms with Gasteiger partial charge in [-0.25, -0.2) is 9.37 Å². The lowest BCUT2D eigenvalue weighted by molar-refractivity contribution is 0.619. The molecule has 0 bridgehead atoms. The summed E-state index contributed by atoms with van der Waals surface area (Å²) in [5.41, 5.74) is 2.37. The normalized spacial score (nSPS) is 14.0. The predicted octanol–water partition coefficient (Wildman–Crippen LogP) is 4.33. The zero-order valence-electron chi connectivity index (χ0n) is 14.1. The first-order chi connectivity index (χ1) is 13.1. The lowest BCUT2D eigenvalue weighted by atomic mass is 10.2. The number of pyridine rings is 2. The minimum atomic E-state index is -0.349. The van der Waals surface area contributed by atoms with Gasteiger partial charge in [0.2, 0.25) is 0 Å². The van der Waals surface area contributed by atoms with Crippen molar-refractivity contribution in [3.8, 4) is 17.1 Å². The molecule has 0 unspecified atom stereocenters. The molecule has 0 saturated heterocycles. The van der Waals surface area contributed by atoms with E-state index in [0.29, 0.717) is 34.2 Å². The maximum Gasteiger partial charge on any atom is 0.251 e. The van der Waals surface area contributed by atoms with E-state index >= 15 is 0 Å². The van der Waals surface area contributed by atoms with Crippen molar-refractivity contribution in [1.82, 2.24) is 19.1 Å². The van der Waals surface area contributed by atoms with E-state index in [1.54, 1.807) is 39.7 Å². The van der Waals surface area contributed by atoms with Gasteiger partial charge in [0.15, 0.2) is 0 Å². The molecule has 1 fully saturated rings. The molecule has 134 valence electrons. The van der Waals surface area contributed by atoms with Gasteiger partial charge in [-0.1, -0.05) is 0 Å². The Hall–Kier alpha value is -2.55. The van der Waals surface area contributed by atoms with E-state index in [1.807, 2.05) is 18.3 Å². The molecule has 0 N–H and O–H groups in total. The molecule has 3 heterocycles. The average Bonchev–Trinajstić information content (AvgIpc) is 3.42. The van der Waals surface area contributed by atoms with Gasteiger partial charge in [-0.05, 0) is 65.8 Å². The molecule has 5 nitrogen and oxygen atoms in total. The Morgan fingerprint density at radius 2 is 2.00 bits per heavy atom. The van der Waals surface area contributed by atoms with E-state index in [9.17, 15) is 9.18 Å². The van der Waals surface area contributed by atoms with Crippen LogP contribution in [0, 0.1) is 9.39 Å². The number of nitrogens with zero attached hydrogens (tertiary/aromatic N) is 4. The zero-order valence-corrected chi connectivity index (χ0v) is 16.3. The van der Waals surface area contributed by atoms with Crippen molar-refractivity contribution in [2.75, 3.05) is 0 Å². The van der Waals surface area contributed by atoms with Crippen LogP contribution in [0.2, 0.25) is 0 Å². The van der Waals surface area contributed by atoms with Crippen molar-refractivity contribution < 1.29 is 4.39 Å². The van der Waals surface area contributed by atoms with Crippen LogP contribution in [-0.2, 0) is 0 Å². The van der Waals surface area contributed by atoms with E-state index in [1.165, 1.54) is 6.07 Å². The van der Waals surface area contributed by atoms with E-state index in [2.05, 4.69) is 32.6 Å². The highest BCUT2D eigenvalue weighted by atomic mass is 127. The third-order valence-corrected chi connectivity index (χ3v) is 5.43. The summed E-state index contributed by atoms with van der Waals surface area (Å²) in [6.45, 7) is 0. The van der Waals surface area contributed by atoms with E-state index in [-0.39, 0.29) is 11.4 Å². The summed E-state index contributed by atoms with van der Waals surface area (Å²) in [5.74, 6) is 0.177. The third-order valence-electron chi connectivity index (χ3n) is 4.75. The van der Waals surface area contributed by atoms with Gasteiger partial charge in [0, 0.05) is 33.6 Å². The van der Waals surface area contributed by atoms with Crippen LogP contribution in [0.4, 0.5) is 4.39 Å². The summed E-state index contributed by atoms with van der Waals surface area (Å²) in [6.07, 6.45) is 7.20. The Bertz CT molecular complexity index is 1240.